The van der Waals surface area contributed by atoms with Crippen LogP contribution in [0.2, 0.25) is 0 Å². The predicted molar refractivity (Wildman–Crippen MR) is 117 cm³/mol. The Bertz CT molecular complexity index is 1230. The van der Waals surface area contributed by atoms with Crippen molar-refractivity contribution in [3.63, 3.8) is 0 Å². The summed E-state index contributed by atoms with van der Waals surface area (Å²) in [7, 11) is -4.07. The van der Waals surface area contributed by atoms with Crippen molar-refractivity contribution < 1.29 is 41.0 Å². The van der Waals surface area contributed by atoms with Gasteiger partial charge in [0.1, 0.15) is 24.7 Å². The van der Waals surface area contributed by atoms with E-state index in [9.17, 15) is 26.4 Å². The fourth-order valence-corrected chi connectivity index (χ4v) is 3.98. The Labute approximate surface area is 193 Å². The van der Waals surface area contributed by atoms with Gasteiger partial charge in [-0.3, -0.25) is 9.52 Å². The van der Waals surface area contributed by atoms with Crippen molar-refractivity contribution in [2.24, 2.45) is 0 Å². The molecule has 3 aromatic rings. The molecule has 0 unspecified atom stereocenters. The predicted octanol–water partition coefficient (Wildman–Crippen LogP) is 4.59. The Morgan fingerprint density at radius 1 is 0.882 bits per heavy atom. The number of carboxylic acids is 1. The van der Waals surface area contributed by atoms with Gasteiger partial charge in [-0.25, -0.2) is 8.42 Å². The van der Waals surface area contributed by atoms with Crippen molar-refractivity contribution in [2.75, 3.05) is 17.9 Å². The summed E-state index contributed by atoms with van der Waals surface area (Å²) in [6, 6.07) is 15.9. The van der Waals surface area contributed by atoms with Crippen LogP contribution in [0.5, 0.6) is 11.5 Å². The van der Waals surface area contributed by atoms with E-state index in [2.05, 4.69) is 4.72 Å². The van der Waals surface area contributed by atoms with Gasteiger partial charge in [-0.15, -0.1) is 0 Å². The smallest absolute Gasteiger partial charge is 0.416 e. The summed E-state index contributed by atoms with van der Waals surface area (Å²) in [6.45, 7) is 0.303. The maximum atomic E-state index is 12.7. The third-order valence-corrected chi connectivity index (χ3v) is 5.92. The molecular formula is C23H20F3NO6S. The van der Waals surface area contributed by atoms with Gasteiger partial charge in [-0.05, 0) is 54.6 Å². The van der Waals surface area contributed by atoms with Gasteiger partial charge < -0.3 is 14.6 Å². The molecule has 3 rings (SSSR count). The topological polar surface area (TPSA) is 102 Å². The Morgan fingerprint density at radius 2 is 1.50 bits per heavy atom. The molecule has 11 heteroatoms. The monoisotopic (exact) mass is 495 g/mol. The molecule has 180 valence electrons. The van der Waals surface area contributed by atoms with Crippen LogP contribution in [0.3, 0.4) is 0 Å². The van der Waals surface area contributed by atoms with Gasteiger partial charge in [0.25, 0.3) is 10.0 Å². The zero-order chi connectivity index (χ0) is 24.8. The zero-order valence-electron chi connectivity index (χ0n) is 17.6. The molecule has 0 amide bonds. The molecule has 0 atom stereocenters. The van der Waals surface area contributed by atoms with Crippen LogP contribution in [-0.4, -0.2) is 32.7 Å². The van der Waals surface area contributed by atoms with E-state index in [1.807, 2.05) is 0 Å². The summed E-state index contributed by atoms with van der Waals surface area (Å²) in [6.07, 6.45) is -4.72. The fraction of sp³-hybridized carbons (Fsp3) is 0.174. The van der Waals surface area contributed by atoms with Crippen LogP contribution in [0.1, 0.15) is 11.1 Å². The van der Waals surface area contributed by atoms with Crippen LogP contribution in [-0.2, 0) is 27.4 Å². The molecule has 0 radical (unpaired) electrons. The number of anilines is 1. The summed E-state index contributed by atoms with van der Waals surface area (Å²) >= 11 is 0. The van der Waals surface area contributed by atoms with Crippen molar-refractivity contribution in [3.8, 4) is 11.5 Å². The standard InChI is InChI=1S/C23H20F3NO6S/c24-23(25,26)17-5-11-20(12-6-17)34(30,31)27-18-7-9-19(10-8-18)32-13-14-33-21-4-2-1-3-16(21)15-22(28)29/h1-12,27H,13-15H2,(H,28,29). The second-order valence-electron chi connectivity index (χ2n) is 7.03. The van der Waals surface area contributed by atoms with Gasteiger partial charge in [0.2, 0.25) is 0 Å². The van der Waals surface area contributed by atoms with Crippen LogP contribution in [0, 0.1) is 0 Å². The Hall–Kier alpha value is -3.73. The maximum Gasteiger partial charge on any atom is 0.416 e. The van der Waals surface area contributed by atoms with Crippen LogP contribution >= 0.6 is 0 Å². The highest BCUT2D eigenvalue weighted by molar-refractivity contribution is 7.92. The number of halogens is 3. The molecule has 2 N–H and O–H groups in total. The maximum absolute atomic E-state index is 12.7. The molecular weight excluding hydrogens is 475 g/mol. The largest absolute Gasteiger partial charge is 0.490 e. The third kappa shape index (κ3) is 6.88. The molecule has 0 saturated carbocycles. The van der Waals surface area contributed by atoms with E-state index in [1.165, 1.54) is 24.3 Å². The van der Waals surface area contributed by atoms with E-state index < -0.39 is 27.7 Å². The average Bonchev–Trinajstić information content (AvgIpc) is 2.78. The minimum atomic E-state index is -4.56. The normalized spacial score (nSPS) is 11.6. The molecule has 0 aliphatic rings. The molecule has 0 bridgehead atoms. The van der Waals surface area contributed by atoms with Gasteiger partial charge in [-0.1, -0.05) is 18.2 Å². The lowest BCUT2D eigenvalue weighted by Gasteiger charge is -2.12. The van der Waals surface area contributed by atoms with Gasteiger partial charge in [-0.2, -0.15) is 13.2 Å². The molecule has 0 heterocycles. The molecule has 0 saturated heterocycles. The van der Waals surface area contributed by atoms with Gasteiger partial charge in [0, 0.05) is 11.3 Å². The minimum absolute atomic E-state index is 0.151. The SMILES string of the molecule is O=C(O)Cc1ccccc1OCCOc1ccc(NS(=O)(=O)c2ccc(C(F)(F)F)cc2)cc1. The lowest BCUT2D eigenvalue weighted by atomic mass is 10.1. The molecule has 0 aliphatic heterocycles. The van der Waals surface area contributed by atoms with E-state index in [1.54, 1.807) is 24.3 Å². The number of hydrogen-bond donors (Lipinski definition) is 2. The quantitative estimate of drug-likeness (QED) is 0.399. The Balaban J connectivity index is 1.53. The summed E-state index contributed by atoms with van der Waals surface area (Å²) in [4.78, 5) is 10.6. The molecule has 3 aromatic carbocycles. The van der Waals surface area contributed by atoms with Crippen molar-refractivity contribution in [2.45, 2.75) is 17.5 Å². The number of nitrogens with one attached hydrogen (secondary N) is 1. The first kappa shape index (κ1) is 24.9. The van der Waals surface area contributed by atoms with Crippen molar-refractivity contribution in [3.05, 3.63) is 83.9 Å². The molecule has 0 aliphatic carbocycles. The van der Waals surface area contributed by atoms with Crippen LogP contribution in [0.4, 0.5) is 18.9 Å². The van der Waals surface area contributed by atoms with Gasteiger partial charge in [0.15, 0.2) is 0 Å². The first-order chi connectivity index (χ1) is 16.0. The summed E-state index contributed by atoms with van der Waals surface area (Å²) in [5.74, 6) is -0.0947. The number of benzene rings is 3. The molecule has 0 fully saturated rings. The van der Waals surface area contributed by atoms with E-state index in [4.69, 9.17) is 14.6 Å². The number of carboxylic acid groups (broad SMARTS) is 1. The number of sulfonamides is 1. The highest BCUT2D eigenvalue weighted by atomic mass is 32.2. The van der Waals surface area contributed by atoms with E-state index in [0.717, 1.165) is 12.1 Å². The minimum Gasteiger partial charge on any atom is -0.490 e. The first-order valence-electron chi connectivity index (χ1n) is 9.90. The van der Waals surface area contributed by atoms with E-state index in [0.29, 0.717) is 29.2 Å². The number of ether oxygens (including phenoxy) is 2. The van der Waals surface area contributed by atoms with Crippen molar-refractivity contribution in [1.82, 2.24) is 0 Å². The van der Waals surface area contributed by atoms with Crippen LogP contribution in [0.25, 0.3) is 0 Å². The van der Waals surface area contributed by atoms with Gasteiger partial charge in [0.05, 0.1) is 16.9 Å². The van der Waals surface area contributed by atoms with Crippen molar-refractivity contribution in [1.29, 1.82) is 0 Å². The fourth-order valence-electron chi connectivity index (χ4n) is 2.92. The number of aliphatic carboxylic acids is 1. The van der Waals surface area contributed by atoms with Crippen LogP contribution < -0.4 is 14.2 Å². The average molecular weight is 495 g/mol. The van der Waals surface area contributed by atoms with Crippen LogP contribution in [0.15, 0.2) is 77.7 Å². The number of para-hydroxylation sites is 1. The Kier molecular flexibility index (Phi) is 7.67. The summed E-state index contributed by atoms with van der Waals surface area (Å²) in [5.41, 5.74) is -0.201. The number of hydrogen-bond acceptors (Lipinski definition) is 5. The highest BCUT2D eigenvalue weighted by Gasteiger charge is 2.30. The summed E-state index contributed by atoms with van der Waals surface area (Å²) < 4.78 is 76.2. The molecule has 0 spiro atoms. The molecule has 7 nitrogen and oxygen atoms in total. The second-order valence-corrected chi connectivity index (χ2v) is 8.71. The number of carbonyl (C=O) groups is 1. The van der Waals surface area contributed by atoms with E-state index in [-0.39, 0.29) is 30.2 Å². The molecule has 0 aromatic heterocycles. The van der Waals surface area contributed by atoms with Crippen molar-refractivity contribution >= 4 is 21.7 Å². The first-order valence-corrected chi connectivity index (χ1v) is 11.4. The highest BCUT2D eigenvalue weighted by Crippen LogP contribution is 2.30. The zero-order valence-corrected chi connectivity index (χ0v) is 18.4. The number of alkyl halides is 3. The second kappa shape index (κ2) is 10.5. The lowest BCUT2D eigenvalue weighted by molar-refractivity contribution is -0.138. The third-order valence-electron chi connectivity index (χ3n) is 4.52. The Morgan fingerprint density at radius 3 is 2.12 bits per heavy atom. The summed E-state index contributed by atoms with van der Waals surface area (Å²) in [5, 5.41) is 8.95. The number of rotatable bonds is 10. The lowest BCUT2D eigenvalue weighted by Crippen LogP contribution is -2.14. The molecule has 34 heavy (non-hydrogen) atoms. The van der Waals surface area contributed by atoms with Gasteiger partial charge >= 0.3 is 12.1 Å². The van der Waals surface area contributed by atoms with E-state index >= 15 is 0 Å².